The van der Waals surface area contributed by atoms with Crippen LogP contribution in [0, 0.1) is 0 Å². The molecule has 1 atom stereocenters. The van der Waals surface area contributed by atoms with Gasteiger partial charge in [-0.25, -0.2) is 0 Å². The highest BCUT2D eigenvalue weighted by atomic mass is 16.5. The number of hydrogen-bond acceptors (Lipinski definition) is 4. The molecule has 1 aliphatic rings. The Hall–Kier alpha value is -1.75. The fourth-order valence-corrected chi connectivity index (χ4v) is 2.12. The van der Waals surface area contributed by atoms with E-state index in [4.69, 9.17) is 14.2 Å². The highest BCUT2D eigenvalue weighted by Crippen LogP contribution is 2.17. The average Bonchev–Trinajstić information content (AvgIpc) is 2.97. The predicted octanol–water partition coefficient (Wildman–Crippen LogP) is 1.76. The van der Waals surface area contributed by atoms with Crippen LogP contribution in [-0.4, -0.2) is 38.9 Å². The minimum atomic E-state index is 0.0234. The van der Waals surface area contributed by atoms with Gasteiger partial charge in [-0.2, -0.15) is 0 Å². The van der Waals surface area contributed by atoms with Crippen LogP contribution >= 0.6 is 0 Å². The molecule has 1 aliphatic heterocycles. The number of nitrogens with one attached hydrogen (secondary N) is 1. The number of amides is 1. The van der Waals surface area contributed by atoms with Gasteiger partial charge in [-0.3, -0.25) is 4.79 Å². The quantitative estimate of drug-likeness (QED) is 0.773. The molecule has 0 aliphatic carbocycles. The van der Waals surface area contributed by atoms with Gasteiger partial charge >= 0.3 is 0 Å². The smallest absolute Gasteiger partial charge is 0.222 e. The van der Waals surface area contributed by atoms with Crippen LogP contribution in [0.25, 0.3) is 0 Å². The van der Waals surface area contributed by atoms with E-state index in [1.807, 2.05) is 24.3 Å². The molecule has 0 saturated carbocycles. The van der Waals surface area contributed by atoms with Crippen LogP contribution in [0.2, 0.25) is 0 Å². The van der Waals surface area contributed by atoms with E-state index in [9.17, 15) is 4.79 Å². The Morgan fingerprint density at radius 3 is 2.75 bits per heavy atom. The number of methoxy groups -OCH3 is 1. The van der Waals surface area contributed by atoms with Gasteiger partial charge in [-0.15, -0.1) is 0 Å². The van der Waals surface area contributed by atoms with Gasteiger partial charge in [-0.05, 0) is 37.1 Å². The van der Waals surface area contributed by atoms with Crippen molar-refractivity contribution >= 4 is 5.91 Å². The monoisotopic (exact) mass is 279 g/mol. The Morgan fingerprint density at radius 1 is 1.35 bits per heavy atom. The van der Waals surface area contributed by atoms with E-state index in [0.29, 0.717) is 19.6 Å². The summed E-state index contributed by atoms with van der Waals surface area (Å²) in [6.07, 6.45) is 2.58. The zero-order valence-electron chi connectivity index (χ0n) is 11.8. The number of rotatable bonds is 7. The molecule has 0 spiro atoms. The van der Waals surface area contributed by atoms with Crippen LogP contribution in [0.1, 0.15) is 19.3 Å². The second-order valence-corrected chi connectivity index (χ2v) is 4.71. The average molecular weight is 279 g/mol. The number of hydrogen-bond donors (Lipinski definition) is 1. The summed E-state index contributed by atoms with van der Waals surface area (Å²) in [6, 6.07) is 7.36. The normalized spacial score (nSPS) is 17.8. The zero-order chi connectivity index (χ0) is 14.2. The largest absolute Gasteiger partial charge is 0.497 e. The van der Waals surface area contributed by atoms with Gasteiger partial charge in [0.05, 0.1) is 26.2 Å². The fraction of sp³-hybridized carbons (Fsp3) is 0.533. The van der Waals surface area contributed by atoms with Gasteiger partial charge in [0.15, 0.2) is 0 Å². The summed E-state index contributed by atoms with van der Waals surface area (Å²) in [4.78, 5) is 11.6. The minimum Gasteiger partial charge on any atom is -0.497 e. The van der Waals surface area contributed by atoms with Crippen LogP contribution < -0.4 is 14.8 Å². The minimum absolute atomic E-state index is 0.0234. The summed E-state index contributed by atoms with van der Waals surface area (Å²) in [5.41, 5.74) is 0. The standard InChI is InChI=1S/C15H21NO4/c1-18-12-4-6-13(7-5-12)20-10-8-16-15(17)11-14-3-2-9-19-14/h4-7,14H,2-3,8-11H2,1H3,(H,16,17). The Labute approximate surface area is 119 Å². The van der Waals surface area contributed by atoms with Crippen molar-refractivity contribution in [1.29, 1.82) is 0 Å². The second kappa shape index (κ2) is 7.75. The van der Waals surface area contributed by atoms with Crippen molar-refractivity contribution < 1.29 is 19.0 Å². The molecule has 110 valence electrons. The van der Waals surface area contributed by atoms with E-state index in [0.717, 1.165) is 30.9 Å². The fourth-order valence-electron chi connectivity index (χ4n) is 2.12. The maximum absolute atomic E-state index is 11.6. The Kier molecular flexibility index (Phi) is 5.68. The maximum Gasteiger partial charge on any atom is 0.222 e. The molecule has 20 heavy (non-hydrogen) atoms. The van der Waals surface area contributed by atoms with Crippen molar-refractivity contribution in [3.8, 4) is 11.5 Å². The molecule has 1 saturated heterocycles. The van der Waals surface area contributed by atoms with Gasteiger partial charge in [0.1, 0.15) is 18.1 Å². The van der Waals surface area contributed by atoms with Crippen LogP contribution in [0.5, 0.6) is 11.5 Å². The molecule has 1 N–H and O–H groups in total. The van der Waals surface area contributed by atoms with E-state index in [2.05, 4.69) is 5.32 Å². The van der Waals surface area contributed by atoms with Crippen LogP contribution in [0.3, 0.4) is 0 Å². The SMILES string of the molecule is COc1ccc(OCCNC(=O)CC2CCCO2)cc1. The lowest BCUT2D eigenvalue weighted by Crippen LogP contribution is -2.30. The van der Waals surface area contributed by atoms with Gasteiger partial charge in [0, 0.05) is 6.61 Å². The summed E-state index contributed by atoms with van der Waals surface area (Å²) in [6.45, 7) is 1.72. The zero-order valence-corrected chi connectivity index (χ0v) is 11.8. The van der Waals surface area contributed by atoms with Gasteiger partial charge in [-0.1, -0.05) is 0 Å². The molecular weight excluding hydrogens is 258 g/mol. The summed E-state index contributed by atoms with van der Waals surface area (Å²) in [5.74, 6) is 1.58. The molecule has 0 bridgehead atoms. The van der Waals surface area contributed by atoms with Crippen LogP contribution in [0.4, 0.5) is 0 Å². The molecule has 1 amide bonds. The molecule has 5 heteroatoms. The highest BCUT2D eigenvalue weighted by Gasteiger charge is 2.18. The van der Waals surface area contributed by atoms with Gasteiger partial charge < -0.3 is 19.5 Å². The third-order valence-corrected chi connectivity index (χ3v) is 3.19. The van der Waals surface area contributed by atoms with Crippen molar-refractivity contribution in [2.24, 2.45) is 0 Å². The van der Waals surface area contributed by atoms with Crippen LogP contribution in [0.15, 0.2) is 24.3 Å². The highest BCUT2D eigenvalue weighted by molar-refractivity contribution is 5.76. The topological polar surface area (TPSA) is 56.8 Å². The first-order chi connectivity index (χ1) is 9.78. The molecule has 1 heterocycles. The summed E-state index contributed by atoms with van der Waals surface area (Å²) >= 11 is 0. The molecule has 0 aromatic heterocycles. The number of carbonyl (C=O) groups is 1. The molecule has 2 rings (SSSR count). The number of carbonyl (C=O) groups excluding carboxylic acids is 1. The van der Waals surface area contributed by atoms with Crippen molar-refractivity contribution in [1.82, 2.24) is 5.32 Å². The lowest BCUT2D eigenvalue weighted by molar-refractivity contribution is -0.123. The van der Waals surface area contributed by atoms with Crippen molar-refractivity contribution in [2.45, 2.75) is 25.4 Å². The van der Waals surface area contributed by atoms with Crippen molar-refractivity contribution in [3.05, 3.63) is 24.3 Å². The Morgan fingerprint density at radius 2 is 2.10 bits per heavy atom. The number of benzene rings is 1. The molecule has 1 aromatic rings. The molecular formula is C15H21NO4. The second-order valence-electron chi connectivity index (χ2n) is 4.71. The maximum atomic E-state index is 11.6. The summed E-state index contributed by atoms with van der Waals surface area (Å²) in [5, 5.41) is 2.83. The Bertz CT molecular complexity index is 412. The molecule has 1 unspecified atom stereocenters. The van der Waals surface area contributed by atoms with Crippen molar-refractivity contribution in [2.75, 3.05) is 26.9 Å². The van der Waals surface area contributed by atoms with Gasteiger partial charge in [0.25, 0.3) is 0 Å². The molecule has 5 nitrogen and oxygen atoms in total. The lowest BCUT2D eigenvalue weighted by Gasteiger charge is -2.10. The first-order valence-electron chi connectivity index (χ1n) is 6.93. The first-order valence-corrected chi connectivity index (χ1v) is 6.93. The van der Waals surface area contributed by atoms with E-state index < -0.39 is 0 Å². The summed E-state index contributed by atoms with van der Waals surface area (Å²) in [7, 11) is 1.62. The molecule has 1 fully saturated rings. The van der Waals surface area contributed by atoms with E-state index in [-0.39, 0.29) is 12.0 Å². The third kappa shape index (κ3) is 4.74. The van der Waals surface area contributed by atoms with E-state index >= 15 is 0 Å². The molecule has 1 aromatic carbocycles. The first kappa shape index (κ1) is 14.7. The van der Waals surface area contributed by atoms with E-state index in [1.165, 1.54) is 0 Å². The number of ether oxygens (including phenoxy) is 3. The van der Waals surface area contributed by atoms with Gasteiger partial charge in [0.2, 0.25) is 5.91 Å². The predicted molar refractivity (Wildman–Crippen MR) is 75.1 cm³/mol. The summed E-state index contributed by atoms with van der Waals surface area (Å²) < 4.78 is 16.0. The molecule has 0 radical (unpaired) electrons. The third-order valence-electron chi connectivity index (χ3n) is 3.19. The van der Waals surface area contributed by atoms with Crippen molar-refractivity contribution in [3.63, 3.8) is 0 Å². The Balaban J connectivity index is 1.59. The van der Waals surface area contributed by atoms with Crippen LogP contribution in [-0.2, 0) is 9.53 Å². The lowest BCUT2D eigenvalue weighted by atomic mass is 10.2. The van der Waals surface area contributed by atoms with E-state index in [1.54, 1.807) is 7.11 Å².